The summed E-state index contributed by atoms with van der Waals surface area (Å²) in [6, 6.07) is 22.7. The predicted octanol–water partition coefficient (Wildman–Crippen LogP) is 7.44. The number of benzene rings is 3. The Morgan fingerprint density at radius 1 is 0.943 bits per heavy atom. The first kappa shape index (κ1) is 24.8. The van der Waals surface area contributed by atoms with Gasteiger partial charge in [0.1, 0.15) is 12.4 Å². The van der Waals surface area contributed by atoms with Crippen molar-refractivity contribution in [3.63, 3.8) is 0 Å². The minimum Gasteiger partial charge on any atom is -0.489 e. The highest BCUT2D eigenvalue weighted by Gasteiger charge is 2.34. The number of alkyl halides is 3. The third kappa shape index (κ3) is 6.24. The van der Waals surface area contributed by atoms with E-state index in [0.29, 0.717) is 5.75 Å². The molecule has 6 heteroatoms. The van der Waals surface area contributed by atoms with Gasteiger partial charge in [0.15, 0.2) is 0 Å². The van der Waals surface area contributed by atoms with Crippen LogP contribution in [-0.2, 0) is 17.6 Å². The Labute approximate surface area is 204 Å². The van der Waals surface area contributed by atoms with Crippen LogP contribution in [0.4, 0.5) is 13.2 Å². The van der Waals surface area contributed by atoms with Crippen molar-refractivity contribution in [3.8, 4) is 5.75 Å². The highest BCUT2D eigenvalue weighted by Crippen LogP contribution is 2.39. The average Bonchev–Trinajstić information content (AvgIpc) is 2.88. The van der Waals surface area contributed by atoms with Gasteiger partial charge in [-0.15, -0.1) is 0 Å². The van der Waals surface area contributed by atoms with Crippen LogP contribution in [0.3, 0.4) is 0 Å². The van der Waals surface area contributed by atoms with Crippen LogP contribution >= 0.6 is 0 Å². The van der Waals surface area contributed by atoms with Gasteiger partial charge in [0.25, 0.3) is 0 Å². The molecule has 1 fully saturated rings. The quantitative estimate of drug-likeness (QED) is 0.381. The maximum absolute atomic E-state index is 13.2. The lowest BCUT2D eigenvalue weighted by Crippen LogP contribution is -2.37. The summed E-state index contributed by atoms with van der Waals surface area (Å²) in [5, 5.41) is 3.18. The maximum Gasteiger partial charge on any atom is 0.416 e. The third-order valence-electron chi connectivity index (χ3n) is 6.79. The summed E-state index contributed by atoms with van der Waals surface area (Å²) in [5.74, 6) is 0.558. The Morgan fingerprint density at radius 3 is 2.31 bits per heavy atom. The number of amides is 1. The molecule has 2 unspecified atom stereocenters. The lowest BCUT2D eigenvalue weighted by atomic mass is 9.75. The van der Waals surface area contributed by atoms with Crippen LogP contribution in [-0.4, -0.2) is 5.91 Å². The Bertz CT molecular complexity index is 1110. The highest BCUT2D eigenvalue weighted by molar-refractivity contribution is 5.80. The van der Waals surface area contributed by atoms with Crippen molar-refractivity contribution in [3.05, 3.63) is 101 Å². The molecule has 3 atom stereocenters. The SMILES string of the molecule is C[C@H](NC(=O)C1CCCCC1c1ccc(OCc2ccccc2C(F)(F)F)cc1)c1ccccc1. The predicted molar refractivity (Wildman–Crippen MR) is 130 cm³/mol. The van der Waals surface area contributed by atoms with E-state index in [0.717, 1.165) is 42.9 Å². The molecule has 1 amide bonds. The Balaban J connectivity index is 1.41. The fourth-order valence-electron chi connectivity index (χ4n) is 4.88. The van der Waals surface area contributed by atoms with Crippen molar-refractivity contribution in [2.24, 2.45) is 5.92 Å². The number of hydrogen-bond acceptors (Lipinski definition) is 2. The molecule has 1 N–H and O–H groups in total. The Hall–Kier alpha value is -3.28. The number of halogens is 3. The second kappa shape index (κ2) is 11.0. The van der Waals surface area contributed by atoms with E-state index < -0.39 is 11.7 Å². The fraction of sp³-hybridized carbons (Fsp3) is 0.345. The van der Waals surface area contributed by atoms with Crippen molar-refractivity contribution in [1.82, 2.24) is 5.32 Å². The molecule has 184 valence electrons. The van der Waals surface area contributed by atoms with Gasteiger partial charge in [-0.2, -0.15) is 13.2 Å². The number of carbonyl (C=O) groups excluding carboxylic acids is 1. The zero-order valence-electron chi connectivity index (χ0n) is 19.7. The van der Waals surface area contributed by atoms with Crippen molar-refractivity contribution in [2.45, 2.75) is 57.3 Å². The molecule has 35 heavy (non-hydrogen) atoms. The molecule has 3 nitrogen and oxygen atoms in total. The number of carbonyl (C=O) groups is 1. The van der Waals surface area contributed by atoms with Gasteiger partial charge < -0.3 is 10.1 Å². The molecule has 1 aliphatic carbocycles. The van der Waals surface area contributed by atoms with E-state index in [4.69, 9.17) is 4.74 Å². The zero-order chi connectivity index (χ0) is 24.8. The lowest BCUT2D eigenvalue weighted by molar-refractivity contribution is -0.138. The molecule has 1 aliphatic rings. The van der Waals surface area contributed by atoms with E-state index in [1.807, 2.05) is 49.4 Å². The molecule has 0 spiro atoms. The van der Waals surface area contributed by atoms with E-state index in [1.165, 1.54) is 12.1 Å². The molecule has 1 saturated carbocycles. The Kier molecular flexibility index (Phi) is 7.79. The first-order valence-corrected chi connectivity index (χ1v) is 12.1. The van der Waals surface area contributed by atoms with Crippen molar-refractivity contribution in [2.75, 3.05) is 0 Å². The van der Waals surface area contributed by atoms with Crippen LogP contribution < -0.4 is 10.1 Å². The number of nitrogens with one attached hydrogen (secondary N) is 1. The van der Waals surface area contributed by atoms with Crippen LogP contribution in [0.25, 0.3) is 0 Å². The smallest absolute Gasteiger partial charge is 0.416 e. The standard InChI is InChI=1S/C29H30F3NO2/c1-20(21-9-3-2-4-10-21)33-28(34)26-13-7-6-12-25(26)22-15-17-24(18-16-22)35-19-23-11-5-8-14-27(23)29(30,31)32/h2-5,8-11,14-18,20,25-26H,6-7,12-13,19H2,1H3,(H,33,34)/t20-,25?,26?/m0/s1. The Morgan fingerprint density at radius 2 is 1.60 bits per heavy atom. The molecule has 0 radical (unpaired) electrons. The van der Waals surface area contributed by atoms with Crippen LogP contribution in [0.1, 0.15) is 66.8 Å². The van der Waals surface area contributed by atoms with Gasteiger partial charge in [0.2, 0.25) is 5.91 Å². The maximum atomic E-state index is 13.2. The van der Waals surface area contributed by atoms with E-state index >= 15 is 0 Å². The first-order valence-electron chi connectivity index (χ1n) is 12.1. The normalized spacial score (nSPS) is 19.1. The monoisotopic (exact) mass is 481 g/mol. The summed E-state index contributed by atoms with van der Waals surface area (Å²) >= 11 is 0. The van der Waals surface area contributed by atoms with Gasteiger partial charge in [-0.05, 0) is 55.0 Å². The topological polar surface area (TPSA) is 38.3 Å². The second-order valence-electron chi connectivity index (χ2n) is 9.15. The van der Waals surface area contributed by atoms with Gasteiger partial charge in [0, 0.05) is 11.5 Å². The van der Waals surface area contributed by atoms with Gasteiger partial charge in [-0.1, -0.05) is 73.5 Å². The average molecular weight is 482 g/mol. The van der Waals surface area contributed by atoms with Crippen molar-refractivity contribution in [1.29, 1.82) is 0 Å². The molecule has 3 aromatic rings. The van der Waals surface area contributed by atoms with Crippen LogP contribution in [0.2, 0.25) is 0 Å². The van der Waals surface area contributed by atoms with E-state index in [9.17, 15) is 18.0 Å². The molecule has 4 rings (SSSR count). The minimum absolute atomic E-state index is 0.0649. The fourth-order valence-corrected chi connectivity index (χ4v) is 4.88. The largest absolute Gasteiger partial charge is 0.489 e. The summed E-state index contributed by atoms with van der Waals surface area (Å²) in [4.78, 5) is 13.2. The van der Waals surface area contributed by atoms with Crippen LogP contribution in [0.15, 0.2) is 78.9 Å². The van der Waals surface area contributed by atoms with E-state index in [1.54, 1.807) is 18.2 Å². The molecule has 0 aromatic heterocycles. The van der Waals surface area contributed by atoms with Gasteiger partial charge in [-0.25, -0.2) is 0 Å². The molecule has 0 aliphatic heterocycles. The molecule has 3 aromatic carbocycles. The summed E-state index contributed by atoms with van der Waals surface area (Å²) < 4.78 is 45.3. The highest BCUT2D eigenvalue weighted by atomic mass is 19.4. The van der Waals surface area contributed by atoms with Gasteiger partial charge in [0.05, 0.1) is 11.6 Å². The summed E-state index contributed by atoms with van der Waals surface area (Å²) in [6.45, 7) is 1.83. The summed E-state index contributed by atoms with van der Waals surface area (Å²) in [6.07, 6.45) is -0.566. The molecular weight excluding hydrogens is 451 g/mol. The summed E-state index contributed by atoms with van der Waals surface area (Å²) in [5.41, 5.74) is 1.54. The number of ether oxygens (including phenoxy) is 1. The van der Waals surface area contributed by atoms with Gasteiger partial charge in [-0.3, -0.25) is 4.79 Å². The minimum atomic E-state index is -4.42. The number of rotatable bonds is 7. The number of hydrogen-bond donors (Lipinski definition) is 1. The van der Waals surface area contributed by atoms with Crippen molar-refractivity contribution >= 4 is 5.91 Å². The third-order valence-corrected chi connectivity index (χ3v) is 6.79. The molecule has 0 heterocycles. The second-order valence-corrected chi connectivity index (χ2v) is 9.15. The lowest BCUT2D eigenvalue weighted by Gasteiger charge is -2.32. The molecule has 0 bridgehead atoms. The van der Waals surface area contributed by atoms with E-state index in [2.05, 4.69) is 5.32 Å². The van der Waals surface area contributed by atoms with Gasteiger partial charge >= 0.3 is 6.18 Å². The molecular formula is C29H30F3NO2. The first-order chi connectivity index (χ1) is 16.8. The van der Waals surface area contributed by atoms with Crippen LogP contribution in [0.5, 0.6) is 5.75 Å². The summed E-state index contributed by atoms with van der Waals surface area (Å²) in [7, 11) is 0. The van der Waals surface area contributed by atoms with Crippen molar-refractivity contribution < 1.29 is 22.7 Å². The molecule has 0 saturated heterocycles. The van der Waals surface area contributed by atoms with E-state index in [-0.39, 0.29) is 36.0 Å². The van der Waals surface area contributed by atoms with Crippen LogP contribution in [0, 0.1) is 5.92 Å². The zero-order valence-corrected chi connectivity index (χ0v) is 19.7.